The van der Waals surface area contributed by atoms with Crippen LogP contribution in [0.15, 0.2) is 9.63 Å². The lowest BCUT2D eigenvalue weighted by atomic mass is 10.6. The second-order valence-corrected chi connectivity index (χ2v) is 6.14. The van der Waals surface area contributed by atoms with E-state index in [1.54, 1.807) is 0 Å². The summed E-state index contributed by atoms with van der Waals surface area (Å²) in [6, 6.07) is 0. The van der Waals surface area contributed by atoms with Crippen molar-refractivity contribution in [1.82, 2.24) is 19.3 Å². The van der Waals surface area contributed by atoms with Gasteiger partial charge in [-0.05, 0) is 15.9 Å². The first-order chi connectivity index (χ1) is 8.80. The summed E-state index contributed by atoms with van der Waals surface area (Å²) in [7, 11) is -1.22. The standard InChI is InChI=1S/C8H13BrN4O5S/c1-12-8(7(9)10-11-12)19(16,17)13(3-4-18-2)5-6(14)15/h3-5H2,1-2H3,(H,14,15). The lowest BCUT2D eigenvalue weighted by Crippen LogP contribution is -2.38. The molecule has 0 fully saturated rings. The van der Waals surface area contributed by atoms with Crippen LogP contribution in [0.4, 0.5) is 0 Å². The van der Waals surface area contributed by atoms with Gasteiger partial charge in [-0.3, -0.25) is 4.79 Å². The number of sulfonamides is 1. The van der Waals surface area contributed by atoms with Crippen LogP contribution >= 0.6 is 15.9 Å². The van der Waals surface area contributed by atoms with E-state index in [9.17, 15) is 13.2 Å². The number of hydrogen-bond acceptors (Lipinski definition) is 6. The van der Waals surface area contributed by atoms with Gasteiger partial charge in [0.25, 0.3) is 10.0 Å². The summed E-state index contributed by atoms with van der Waals surface area (Å²) in [5.74, 6) is -1.26. The molecule has 1 heterocycles. The minimum atomic E-state index is -4.02. The highest BCUT2D eigenvalue weighted by Gasteiger charge is 2.32. The van der Waals surface area contributed by atoms with Gasteiger partial charge in [0.2, 0.25) is 5.03 Å². The van der Waals surface area contributed by atoms with E-state index in [1.165, 1.54) is 14.2 Å². The number of nitrogens with zero attached hydrogens (tertiary/aromatic N) is 4. The first-order valence-corrected chi connectivity index (χ1v) is 7.30. The van der Waals surface area contributed by atoms with Crippen LogP contribution in [0.25, 0.3) is 0 Å². The number of rotatable bonds is 7. The number of aromatic nitrogens is 3. The maximum absolute atomic E-state index is 12.4. The Kier molecular flexibility index (Phi) is 5.40. The van der Waals surface area contributed by atoms with Crippen LogP contribution in [-0.2, 0) is 26.6 Å². The molecule has 108 valence electrons. The third-order valence-corrected chi connectivity index (χ3v) is 4.91. The van der Waals surface area contributed by atoms with Gasteiger partial charge in [-0.15, -0.1) is 5.10 Å². The number of methoxy groups -OCH3 is 1. The van der Waals surface area contributed by atoms with Gasteiger partial charge in [-0.2, -0.15) is 4.31 Å². The van der Waals surface area contributed by atoms with Gasteiger partial charge in [-0.1, -0.05) is 5.21 Å². The maximum atomic E-state index is 12.4. The zero-order valence-corrected chi connectivity index (χ0v) is 12.7. The molecule has 0 aliphatic heterocycles. The number of halogens is 1. The van der Waals surface area contributed by atoms with Crippen molar-refractivity contribution >= 4 is 31.9 Å². The second kappa shape index (κ2) is 6.41. The van der Waals surface area contributed by atoms with Crippen molar-refractivity contribution in [1.29, 1.82) is 0 Å². The summed E-state index contributed by atoms with van der Waals surface area (Å²) in [6.07, 6.45) is 0. The number of hydrogen-bond donors (Lipinski definition) is 1. The fraction of sp³-hybridized carbons (Fsp3) is 0.625. The fourth-order valence-corrected chi connectivity index (χ4v) is 3.75. The molecule has 1 rings (SSSR count). The Morgan fingerprint density at radius 3 is 2.63 bits per heavy atom. The number of ether oxygens (including phenoxy) is 1. The minimum Gasteiger partial charge on any atom is -0.480 e. The molecular formula is C8H13BrN4O5S. The van der Waals surface area contributed by atoms with Gasteiger partial charge >= 0.3 is 5.97 Å². The van der Waals surface area contributed by atoms with E-state index in [0.717, 1.165) is 8.99 Å². The fourth-order valence-electron chi connectivity index (χ4n) is 1.35. The zero-order valence-electron chi connectivity index (χ0n) is 10.3. The zero-order chi connectivity index (χ0) is 14.6. The lowest BCUT2D eigenvalue weighted by molar-refractivity contribution is -0.137. The molecule has 0 aliphatic carbocycles. The smallest absolute Gasteiger partial charge is 0.318 e. The largest absolute Gasteiger partial charge is 0.480 e. The molecule has 0 atom stereocenters. The molecule has 0 aromatic carbocycles. The van der Waals surface area contributed by atoms with Crippen molar-refractivity contribution in [3.8, 4) is 0 Å². The number of carboxylic acid groups (broad SMARTS) is 1. The maximum Gasteiger partial charge on any atom is 0.318 e. The van der Waals surface area contributed by atoms with Gasteiger partial charge in [-0.25, -0.2) is 13.1 Å². The molecule has 0 amide bonds. The average molecular weight is 357 g/mol. The predicted octanol–water partition coefficient (Wildman–Crippen LogP) is -0.701. The predicted molar refractivity (Wildman–Crippen MR) is 67.0 cm³/mol. The lowest BCUT2D eigenvalue weighted by Gasteiger charge is -2.19. The topological polar surface area (TPSA) is 115 Å². The molecular weight excluding hydrogens is 344 g/mol. The average Bonchev–Trinajstić information content (AvgIpc) is 2.64. The molecule has 1 aromatic rings. The van der Waals surface area contributed by atoms with E-state index >= 15 is 0 Å². The number of carboxylic acids is 1. The normalized spacial score (nSPS) is 12.0. The molecule has 9 nitrogen and oxygen atoms in total. The van der Waals surface area contributed by atoms with Crippen molar-refractivity contribution in [3.05, 3.63) is 4.60 Å². The van der Waals surface area contributed by atoms with Crippen molar-refractivity contribution in [2.75, 3.05) is 26.8 Å². The van der Waals surface area contributed by atoms with Crippen LogP contribution in [0.1, 0.15) is 0 Å². The summed E-state index contributed by atoms with van der Waals surface area (Å²) in [4.78, 5) is 10.8. The van der Waals surface area contributed by atoms with Gasteiger partial charge in [0, 0.05) is 20.7 Å². The van der Waals surface area contributed by atoms with Crippen molar-refractivity contribution in [3.63, 3.8) is 0 Å². The summed E-state index contributed by atoms with van der Waals surface area (Å²) in [5.41, 5.74) is 0. The molecule has 19 heavy (non-hydrogen) atoms. The Morgan fingerprint density at radius 1 is 1.58 bits per heavy atom. The number of aryl methyl sites for hydroxylation is 1. The molecule has 1 N–H and O–H groups in total. The van der Waals surface area contributed by atoms with Crippen LogP contribution in [0, 0.1) is 0 Å². The van der Waals surface area contributed by atoms with Crippen LogP contribution in [0.2, 0.25) is 0 Å². The third kappa shape index (κ3) is 3.72. The van der Waals surface area contributed by atoms with E-state index in [4.69, 9.17) is 9.84 Å². The van der Waals surface area contributed by atoms with Crippen LogP contribution < -0.4 is 0 Å². The first kappa shape index (κ1) is 16.0. The second-order valence-electron chi connectivity index (χ2n) is 3.53. The molecule has 0 radical (unpaired) electrons. The first-order valence-electron chi connectivity index (χ1n) is 5.06. The van der Waals surface area contributed by atoms with Gasteiger partial charge in [0.1, 0.15) is 6.54 Å². The van der Waals surface area contributed by atoms with Crippen molar-refractivity contribution in [2.45, 2.75) is 5.03 Å². The van der Waals surface area contributed by atoms with Crippen LogP contribution in [0.5, 0.6) is 0 Å². The molecule has 0 aliphatic rings. The highest BCUT2D eigenvalue weighted by Crippen LogP contribution is 2.21. The molecule has 0 saturated carbocycles. The number of carbonyl (C=O) groups is 1. The van der Waals surface area contributed by atoms with E-state index in [-0.39, 0.29) is 22.8 Å². The van der Waals surface area contributed by atoms with Gasteiger partial charge in [0.05, 0.1) is 6.61 Å². The van der Waals surface area contributed by atoms with E-state index < -0.39 is 22.5 Å². The van der Waals surface area contributed by atoms with Crippen LogP contribution in [0.3, 0.4) is 0 Å². The summed E-state index contributed by atoms with van der Waals surface area (Å²) in [5, 5.41) is 15.7. The molecule has 0 bridgehead atoms. The summed E-state index contributed by atoms with van der Waals surface area (Å²) >= 11 is 2.98. The summed E-state index contributed by atoms with van der Waals surface area (Å²) < 4.78 is 31.4. The number of aliphatic carboxylic acids is 1. The Balaban J connectivity index is 3.15. The molecule has 0 unspecified atom stereocenters. The Labute approximate surface area is 118 Å². The van der Waals surface area contributed by atoms with Crippen molar-refractivity contribution in [2.24, 2.45) is 7.05 Å². The van der Waals surface area contributed by atoms with Gasteiger partial charge in [0.15, 0.2) is 4.60 Å². The quantitative estimate of drug-likeness (QED) is 0.686. The SMILES string of the molecule is COCCN(CC(=O)O)S(=O)(=O)c1c(Br)nnn1C. The molecule has 0 spiro atoms. The van der Waals surface area contributed by atoms with E-state index in [2.05, 4.69) is 26.2 Å². The molecule has 1 aromatic heterocycles. The summed E-state index contributed by atoms with van der Waals surface area (Å²) in [6.45, 7) is -0.665. The Hall–Kier alpha value is -1.04. The Morgan fingerprint density at radius 2 is 2.21 bits per heavy atom. The van der Waals surface area contributed by atoms with Crippen molar-refractivity contribution < 1.29 is 23.1 Å². The highest BCUT2D eigenvalue weighted by atomic mass is 79.9. The minimum absolute atomic E-state index is 0.0304. The molecule has 11 heteroatoms. The molecule has 0 saturated heterocycles. The highest BCUT2D eigenvalue weighted by molar-refractivity contribution is 9.10. The third-order valence-electron chi connectivity index (χ3n) is 2.18. The van der Waals surface area contributed by atoms with Crippen LogP contribution in [-0.4, -0.2) is 65.6 Å². The Bertz CT molecular complexity index is 538. The van der Waals surface area contributed by atoms with E-state index in [0.29, 0.717) is 0 Å². The van der Waals surface area contributed by atoms with Gasteiger partial charge < -0.3 is 9.84 Å². The monoisotopic (exact) mass is 356 g/mol. The van der Waals surface area contributed by atoms with E-state index in [1.807, 2.05) is 0 Å².